The number of fused-ring (bicyclic) bond motifs is 1. The lowest BCUT2D eigenvalue weighted by molar-refractivity contribution is 0.590. The van der Waals surface area contributed by atoms with Crippen LogP contribution in [0, 0.1) is 23.3 Å². The molecule has 0 aliphatic carbocycles. The molecule has 0 spiro atoms. The average Bonchev–Trinajstić information content (AvgIpc) is 2.60. The summed E-state index contributed by atoms with van der Waals surface area (Å²) in [6, 6.07) is 13.7. The second kappa shape index (κ2) is 6.56. The Kier molecular flexibility index (Phi) is 4.19. The van der Waals surface area contributed by atoms with Crippen LogP contribution in [0.25, 0.3) is 33.0 Å². The lowest BCUT2D eigenvalue weighted by Gasteiger charge is -2.12. The Labute approximate surface area is 158 Å². The molecule has 0 fully saturated rings. The Morgan fingerprint density at radius 3 is 1.68 bits per heavy atom. The molecule has 0 aromatic heterocycles. The van der Waals surface area contributed by atoms with Gasteiger partial charge in [0.1, 0.15) is 23.3 Å². The predicted molar refractivity (Wildman–Crippen MR) is 103 cm³/mol. The van der Waals surface area contributed by atoms with E-state index in [2.05, 4.69) is 0 Å². The molecule has 0 heterocycles. The van der Waals surface area contributed by atoms with Crippen molar-refractivity contribution in [1.82, 2.24) is 0 Å². The van der Waals surface area contributed by atoms with Gasteiger partial charge in [0.2, 0.25) is 0 Å². The highest BCUT2D eigenvalue weighted by molar-refractivity contribution is 5.99. The summed E-state index contributed by atoms with van der Waals surface area (Å²) in [6.45, 7) is 0. The fourth-order valence-corrected chi connectivity index (χ4v) is 3.36. The summed E-state index contributed by atoms with van der Waals surface area (Å²) in [5.41, 5.74) is 10.9. The highest BCUT2D eigenvalue weighted by Crippen LogP contribution is 2.37. The number of hydrogen-bond donors (Lipinski definition) is 2. The van der Waals surface area contributed by atoms with Gasteiger partial charge in [0.05, 0.1) is 11.1 Å². The highest BCUT2D eigenvalue weighted by Gasteiger charge is 2.17. The first-order chi connectivity index (χ1) is 13.3. The fourth-order valence-electron chi connectivity index (χ4n) is 3.36. The highest BCUT2D eigenvalue weighted by atomic mass is 19.1. The van der Waals surface area contributed by atoms with Crippen LogP contribution >= 0.6 is 0 Å². The molecule has 0 radical (unpaired) electrons. The number of halogens is 4. The first-order valence-electron chi connectivity index (χ1n) is 8.37. The van der Waals surface area contributed by atoms with Crippen LogP contribution < -0.4 is 11.5 Å². The molecule has 4 N–H and O–H groups in total. The third kappa shape index (κ3) is 2.93. The average molecular weight is 382 g/mol. The number of benzene rings is 4. The van der Waals surface area contributed by atoms with E-state index in [9.17, 15) is 17.6 Å². The summed E-state index contributed by atoms with van der Waals surface area (Å²) in [7, 11) is 0. The van der Waals surface area contributed by atoms with Crippen molar-refractivity contribution in [2.24, 2.45) is 0 Å². The lowest BCUT2D eigenvalue weighted by Crippen LogP contribution is -1.96. The molecule has 4 rings (SSSR count). The monoisotopic (exact) mass is 382 g/mol. The van der Waals surface area contributed by atoms with Gasteiger partial charge >= 0.3 is 0 Å². The van der Waals surface area contributed by atoms with Crippen molar-refractivity contribution in [2.45, 2.75) is 0 Å². The number of rotatable bonds is 2. The SMILES string of the molecule is Nc1cc(F)c(-c2ccc3cccc(-c4c(F)cc(N)cc4F)c3c2)c(F)c1. The second-order valence-corrected chi connectivity index (χ2v) is 6.46. The van der Waals surface area contributed by atoms with E-state index in [4.69, 9.17) is 11.5 Å². The van der Waals surface area contributed by atoms with Crippen molar-refractivity contribution < 1.29 is 17.6 Å². The minimum absolute atomic E-state index is 0.0359. The molecule has 0 amide bonds. The van der Waals surface area contributed by atoms with Crippen molar-refractivity contribution in [3.8, 4) is 22.3 Å². The van der Waals surface area contributed by atoms with Crippen molar-refractivity contribution in [1.29, 1.82) is 0 Å². The van der Waals surface area contributed by atoms with Gasteiger partial charge in [0.15, 0.2) is 0 Å². The van der Waals surface area contributed by atoms with Gasteiger partial charge in [-0.1, -0.05) is 30.3 Å². The maximum atomic E-state index is 14.5. The van der Waals surface area contributed by atoms with Crippen LogP contribution in [0.4, 0.5) is 28.9 Å². The molecule has 2 nitrogen and oxygen atoms in total. The van der Waals surface area contributed by atoms with Gasteiger partial charge in [0, 0.05) is 11.4 Å². The van der Waals surface area contributed by atoms with E-state index >= 15 is 0 Å². The zero-order chi connectivity index (χ0) is 20.0. The molecular formula is C22H14F4N2. The number of hydrogen-bond acceptors (Lipinski definition) is 2. The molecule has 0 aliphatic heterocycles. The Bertz CT molecular complexity index is 1190. The topological polar surface area (TPSA) is 52.0 Å². The van der Waals surface area contributed by atoms with E-state index in [-0.39, 0.29) is 33.6 Å². The Morgan fingerprint density at radius 1 is 0.571 bits per heavy atom. The third-order valence-corrected chi connectivity index (χ3v) is 4.57. The van der Waals surface area contributed by atoms with Crippen molar-refractivity contribution in [3.63, 3.8) is 0 Å². The molecule has 4 aromatic rings. The summed E-state index contributed by atoms with van der Waals surface area (Å²) in [5.74, 6) is -3.28. The summed E-state index contributed by atoms with van der Waals surface area (Å²) in [5, 5.41) is 1.10. The normalized spacial score (nSPS) is 11.1. The number of anilines is 2. The quantitative estimate of drug-likeness (QED) is 0.335. The Balaban J connectivity index is 2.01. The van der Waals surface area contributed by atoms with Gasteiger partial charge in [-0.15, -0.1) is 0 Å². The lowest BCUT2D eigenvalue weighted by atomic mass is 9.93. The summed E-state index contributed by atoms with van der Waals surface area (Å²) >= 11 is 0. The number of nitrogen functional groups attached to an aromatic ring is 2. The number of nitrogens with two attached hydrogens (primary N) is 2. The van der Waals surface area contributed by atoms with E-state index in [1.807, 2.05) is 0 Å². The molecule has 0 atom stereocenters. The van der Waals surface area contributed by atoms with Crippen molar-refractivity contribution in [2.75, 3.05) is 11.5 Å². The molecule has 6 heteroatoms. The summed E-state index contributed by atoms with van der Waals surface area (Å²) in [4.78, 5) is 0. The Hall–Kier alpha value is -3.54. The van der Waals surface area contributed by atoms with Gasteiger partial charge in [-0.25, -0.2) is 17.6 Å². The van der Waals surface area contributed by atoms with E-state index in [0.29, 0.717) is 10.8 Å². The maximum Gasteiger partial charge on any atom is 0.136 e. The largest absolute Gasteiger partial charge is 0.399 e. The van der Waals surface area contributed by atoms with Gasteiger partial charge in [-0.2, -0.15) is 0 Å². The zero-order valence-corrected chi connectivity index (χ0v) is 14.4. The predicted octanol–water partition coefficient (Wildman–Crippen LogP) is 5.89. The first kappa shape index (κ1) is 17.9. The van der Waals surface area contributed by atoms with Gasteiger partial charge in [-0.3, -0.25) is 0 Å². The van der Waals surface area contributed by atoms with Crippen LogP contribution in [0.2, 0.25) is 0 Å². The van der Waals surface area contributed by atoms with Gasteiger partial charge in [0.25, 0.3) is 0 Å². The fraction of sp³-hybridized carbons (Fsp3) is 0. The van der Waals surface area contributed by atoms with Crippen LogP contribution in [0.3, 0.4) is 0 Å². The maximum absolute atomic E-state index is 14.5. The van der Waals surface area contributed by atoms with Gasteiger partial charge in [-0.05, 0) is 52.2 Å². The standard InChI is InChI=1S/C22H14F4N2/c23-17-7-13(27)8-18(24)21(17)12-5-4-11-2-1-3-15(16(11)6-12)22-19(25)9-14(28)10-20(22)26/h1-10H,27-28H2. The second-order valence-electron chi connectivity index (χ2n) is 6.46. The molecule has 4 aromatic carbocycles. The molecule has 140 valence electrons. The smallest absolute Gasteiger partial charge is 0.136 e. The van der Waals surface area contributed by atoms with Crippen LogP contribution in [-0.4, -0.2) is 0 Å². The summed E-state index contributed by atoms with van der Waals surface area (Å²) in [6.07, 6.45) is 0. The van der Waals surface area contributed by atoms with Crippen molar-refractivity contribution >= 4 is 22.1 Å². The van der Waals surface area contributed by atoms with E-state index in [1.165, 1.54) is 6.07 Å². The molecule has 0 saturated carbocycles. The third-order valence-electron chi connectivity index (χ3n) is 4.57. The molecule has 0 bridgehead atoms. The minimum atomic E-state index is -0.820. The van der Waals surface area contributed by atoms with Crippen LogP contribution in [-0.2, 0) is 0 Å². The van der Waals surface area contributed by atoms with Crippen molar-refractivity contribution in [3.05, 3.63) is 83.9 Å². The van der Waals surface area contributed by atoms with E-state index < -0.39 is 23.3 Å². The van der Waals surface area contributed by atoms with Crippen LogP contribution in [0.15, 0.2) is 60.7 Å². The molecule has 28 heavy (non-hydrogen) atoms. The molecular weight excluding hydrogens is 368 g/mol. The molecule has 0 unspecified atom stereocenters. The first-order valence-corrected chi connectivity index (χ1v) is 8.37. The zero-order valence-electron chi connectivity index (χ0n) is 14.4. The minimum Gasteiger partial charge on any atom is -0.399 e. The van der Waals surface area contributed by atoms with Crippen LogP contribution in [0.5, 0.6) is 0 Å². The van der Waals surface area contributed by atoms with Gasteiger partial charge < -0.3 is 11.5 Å². The molecule has 0 aliphatic rings. The van der Waals surface area contributed by atoms with Crippen LogP contribution in [0.1, 0.15) is 0 Å². The van der Waals surface area contributed by atoms with E-state index in [0.717, 1.165) is 24.3 Å². The Morgan fingerprint density at radius 2 is 1.11 bits per heavy atom. The summed E-state index contributed by atoms with van der Waals surface area (Å²) < 4.78 is 57.6. The van der Waals surface area contributed by atoms with E-state index in [1.54, 1.807) is 30.3 Å². The molecule has 0 saturated heterocycles.